The zero-order valence-electron chi connectivity index (χ0n) is 12.5. The van der Waals surface area contributed by atoms with Gasteiger partial charge < -0.3 is 15.2 Å². The van der Waals surface area contributed by atoms with Crippen molar-refractivity contribution in [3.63, 3.8) is 0 Å². The van der Waals surface area contributed by atoms with Crippen molar-refractivity contribution < 1.29 is 14.6 Å². The molecular weight excluding hydrogens is 284 g/mol. The molecule has 22 heavy (non-hydrogen) atoms. The molecule has 3 heterocycles. The first-order valence-electron chi connectivity index (χ1n) is 7.13. The fourth-order valence-electron chi connectivity index (χ4n) is 2.65. The molecule has 0 aromatic carbocycles. The summed E-state index contributed by atoms with van der Waals surface area (Å²) in [4.78, 5) is 16.2. The van der Waals surface area contributed by atoms with E-state index in [0.717, 1.165) is 11.3 Å². The summed E-state index contributed by atoms with van der Waals surface area (Å²) in [6.07, 6.45) is 3.72. The summed E-state index contributed by atoms with van der Waals surface area (Å²) in [5.41, 5.74) is 2.00. The highest BCUT2D eigenvalue weighted by Crippen LogP contribution is 2.31. The normalized spacial score (nSPS) is 21.0. The fraction of sp³-hybridized carbons (Fsp3) is 0.400. The maximum Gasteiger partial charge on any atom is 0.274 e. The second kappa shape index (κ2) is 5.76. The number of amides is 1. The molecule has 2 N–H and O–H groups in total. The summed E-state index contributed by atoms with van der Waals surface area (Å²) in [5.74, 6) is -0.534. The molecule has 1 aliphatic rings. The van der Waals surface area contributed by atoms with Gasteiger partial charge in [-0.3, -0.25) is 9.48 Å². The highest BCUT2D eigenvalue weighted by molar-refractivity contribution is 5.94. The number of hydrogen-bond donors (Lipinski definition) is 2. The van der Waals surface area contributed by atoms with Crippen LogP contribution in [0.1, 0.15) is 34.3 Å². The van der Waals surface area contributed by atoms with Crippen LogP contribution in [0.4, 0.5) is 0 Å². The molecule has 0 saturated carbocycles. The molecule has 2 atom stereocenters. The van der Waals surface area contributed by atoms with Crippen molar-refractivity contribution in [2.75, 3.05) is 6.61 Å². The number of nitrogens with zero attached hydrogens (tertiary/aromatic N) is 3. The molecule has 0 aliphatic carbocycles. The lowest BCUT2D eigenvalue weighted by molar-refractivity contribution is 0.0813. The third kappa shape index (κ3) is 2.55. The summed E-state index contributed by atoms with van der Waals surface area (Å²) in [6, 6.07) is 2.85. The van der Waals surface area contributed by atoms with Crippen molar-refractivity contribution in [3.8, 4) is 5.75 Å². The smallest absolute Gasteiger partial charge is 0.274 e. The third-order valence-corrected chi connectivity index (χ3v) is 3.99. The van der Waals surface area contributed by atoms with E-state index in [1.807, 2.05) is 14.0 Å². The average Bonchev–Trinajstić information content (AvgIpc) is 3.07. The van der Waals surface area contributed by atoms with E-state index in [-0.39, 0.29) is 23.6 Å². The third-order valence-electron chi connectivity index (χ3n) is 3.99. The lowest BCUT2D eigenvalue weighted by Crippen LogP contribution is -2.37. The van der Waals surface area contributed by atoms with Crippen molar-refractivity contribution in [1.82, 2.24) is 20.1 Å². The SMILES string of the molecule is Cc1c([C@H]2OCC[C@@H]2NC(=O)c2ncccc2O)cnn1C. The predicted molar refractivity (Wildman–Crippen MR) is 78.4 cm³/mol. The van der Waals surface area contributed by atoms with Gasteiger partial charge in [0.05, 0.1) is 12.2 Å². The largest absolute Gasteiger partial charge is 0.505 e. The minimum atomic E-state index is -0.403. The maximum atomic E-state index is 12.3. The van der Waals surface area contributed by atoms with Crippen LogP contribution in [0.25, 0.3) is 0 Å². The summed E-state index contributed by atoms with van der Waals surface area (Å²) in [6.45, 7) is 2.53. The lowest BCUT2D eigenvalue weighted by Gasteiger charge is -2.19. The number of ether oxygens (including phenoxy) is 1. The van der Waals surface area contributed by atoms with E-state index in [4.69, 9.17) is 4.74 Å². The van der Waals surface area contributed by atoms with Crippen LogP contribution in [0.5, 0.6) is 5.75 Å². The van der Waals surface area contributed by atoms with E-state index in [1.165, 1.54) is 12.3 Å². The molecule has 3 rings (SSSR count). The van der Waals surface area contributed by atoms with Crippen molar-refractivity contribution in [1.29, 1.82) is 0 Å². The first-order chi connectivity index (χ1) is 10.6. The number of carbonyl (C=O) groups excluding carboxylic acids is 1. The van der Waals surface area contributed by atoms with Gasteiger partial charge in [0, 0.05) is 31.1 Å². The number of carbonyl (C=O) groups is 1. The van der Waals surface area contributed by atoms with Gasteiger partial charge in [0.15, 0.2) is 5.69 Å². The van der Waals surface area contributed by atoms with Gasteiger partial charge in [-0.1, -0.05) is 0 Å². The monoisotopic (exact) mass is 302 g/mol. The number of aromatic nitrogens is 3. The van der Waals surface area contributed by atoms with Crippen molar-refractivity contribution >= 4 is 5.91 Å². The van der Waals surface area contributed by atoms with Crippen molar-refractivity contribution in [3.05, 3.63) is 41.5 Å². The van der Waals surface area contributed by atoms with Crippen LogP contribution >= 0.6 is 0 Å². The van der Waals surface area contributed by atoms with Gasteiger partial charge in [0.25, 0.3) is 5.91 Å². The molecule has 7 nitrogen and oxygen atoms in total. The topological polar surface area (TPSA) is 89.3 Å². The summed E-state index contributed by atoms with van der Waals surface area (Å²) in [5, 5.41) is 16.8. The van der Waals surface area contributed by atoms with Gasteiger partial charge in [0.1, 0.15) is 11.9 Å². The molecule has 7 heteroatoms. The van der Waals surface area contributed by atoms with E-state index in [9.17, 15) is 9.90 Å². The van der Waals surface area contributed by atoms with Crippen molar-refractivity contribution in [2.24, 2.45) is 7.05 Å². The lowest BCUT2D eigenvalue weighted by atomic mass is 10.0. The highest BCUT2D eigenvalue weighted by Gasteiger charge is 2.33. The van der Waals surface area contributed by atoms with Crippen molar-refractivity contribution in [2.45, 2.75) is 25.5 Å². The zero-order valence-corrected chi connectivity index (χ0v) is 12.5. The molecule has 1 aliphatic heterocycles. The number of aromatic hydroxyl groups is 1. The van der Waals surface area contributed by atoms with E-state index in [2.05, 4.69) is 15.4 Å². The van der Waals surface area contributed by atoms with Crippen LogP contribution in [0.2, 0.25) is 0 Å². The Morgan fingerprint density at radius 3 is 3.05 bits per heavy atom. The van der Waals surface area contributed by atoms with E-state index in [0.29, 0.717) is 13.0 Å². The number of aryl methyl sites for hydroxylation is 1. The molecule has 2 aromatic rings. The van der Waals surface area contributed by atoms with E-state index in [1.54, 1.807) is 16.9 Å². The molecule has 1 fully saturated rings. The van der Waals surface area contributed by atoms with Crippen LogP contribution in [0.3, 0.4) is 0 Å². The molecule has 2 aromatic heterocycles. The Kier molecular flexibility index (Phi) is 3.81. The Bertz CT molecular complexity index is 698. The zero-order chi connectivity index (χ0) is 15.7. The molecule has 1 saturated heterocycles. The van der Waals surface area contributed by atoms with Gasteiger partial charge in [-0.05, 0) is 25.5 Å². The first kappa shape index (κ1) is 14.5. The van der Waals surface area contributed by atoms with Gasteiger partial charge in [-0.25, -0.2) is 4.98 Å². The van der Waals surface area contributed by atoms with Crippen LogP contribution in [-0.4, -0.2) is 38.4 Å². The highest BCUT2D eigenvalue weighted by atomic mass is 16.5. The van der Waals surface area contributed by atoms with Gasteiger partial charge in [-0.2, -0.15) is 5.10 Å². The van der Waals surface area contributed by atoms with Crippen LogP contribution < -0.4 is 5.32 Å². The molecule has 1 amide bonds. The maximum absolute atomic E-state index is 12.3. The predicted octanol–water partition coefficient (Wildman–Crippen LogP) is 1.09. The Morgan fingerprint density at radius 1 is 1.55 bits per heavy atom. The van der Waals surface area contributed by atoms with Crippen LogP contribution in [0, 0.1) is 6.92 Å². The molecule has 0 bridgehead atoms. The second-order valence-corrected chi connectivity index (χ2v) is 5.34. The number of hydrogen-bond acceptors (Lipinski definition) is 5. The molecule has 0 spiro atoms. The Hall–Kier alpha value is -2.41. The first-order valence-corrected chi connectivity index (χ1v) is 7.13. The minimum Gasteiger partial charge on any atom is -0.505 e. The minimum absolute atomic E-state index is 0.0241. The van der Waals surface area contributed by atoms with E-state index >= 15 is 0 Å². The van der Waals surface area contributed by atoms with Crippen LogP contribution in [0.15, 0.2) is 24.5 Å². The molecule has 0 unspecified atom stereocenters. The van der Waals surface area contributed by atoms with E-state index < -0.39 is 5.91 Å². The Labute approximate surface area is 127 Å². The summed E-state index contributed by atoms with van der Waals surface area (Å²) < 4.78 is 7.54. The fourth-order valence-corrected chi connectivity index (χ4v) is 2.65. The molecule has 116 valence electrons. The molecular formula is C15H18N4O3. The van der Waals surface area contributed by atoms with Gasteiger partial charge in [0.2, 0.25) is 0 Å². The number of pyridine rings is 1. The van der Waals surface area contributed by atoms with Gasteiger partial charge >= 0.3 is 0 Å². The van der Waals surface area contributed by atoms with Gasteiger partial charge in [-0.15, -0.1) is 0 Å². The number of rotatable bonds is 3. The second-order valence-electron chi connectivity index (χ2n) is 5.34. The summed E-state index contributed by atoms with van der Waals surface area (Å²) in [7, 11) is 1.87. The average molecular weight is 302 g/mol. The standard InChI is InChI=1S/C15H18N4O3/c1-9-10(8-17-19(9)2)14-11(5-7-22-14)18-15(21)13-12(20)4-3-6-16-13/h3-4,6,8,11,14,20H,5,7H2,1-2H3,(H,18,21)/t11-,14+/m0/s1. The Morgan fingerprint density at radius 2 is 2.36 bits per heavy atom. The number of nitrogens with one attached hydrogen (secondary N) is 1. The Balaban J connectivity index is 1.78. The van der Waals surface area contributed by atoms with Crippen LogP contribution in [-0.2, 0) is 11.8 Å². The summed E-state index contributed by atoms with van der Waals surface area (Å²) >= 11 is 0. The molecule has 0 radical (unpaired) electrons. The quantitative estimate of drug-likeness (QED) is 0.886.